The smallest absolute Gasteiger partial charge is 0.229 e. The largest absolute Gasteiger partial charge is 0.371 e. The highest BCUT2D eigenvalue weighted by Gasteiger charge is 2.20. The van der Waals surface area contributed by atoms with Crippen molar-refractivity contribution in [3.05, 3.63) is 40.5 Å². The van der Waals surface area contributed by atoms with Crippen LogP contribution in [0.5, 0.6) is 0 Å². The third-order valence-electron chi connectivity index (χ3n) is 3.51. The number of fused-ring (bicyclic) bond motifs is 1. The predicted octanol–water partition coefficient (Wildman–Crippen LogP) is 2.65. The van der Waals surface area contributed by atoms with Crippen LogP contribution in [-0.4, -0.2) is 26.2 Å². The highest BCUT2D eigenvalue weighted by Crippen LogP contribution is 2.31. The molecule has 3 aromatic heterocycles. The minimum atomic E-state index is 0.192. The normalized spacial score (nSPS) is 18.4. The molecule has 6 nitrogen and oxygen atoms in total. The molecule has 21 heavy (non-hydrogen) atoms. The van der Waals surface area contributed by atoms with Gasteiger partial charge >= 0.3 is 0 Å². The van der Waals surface area contributed by atoms with Gasteiger partial charge in [-0.1, -0.05) is 6.07 Å². The van der Waals surface area contributed by atoms with Gasteiger partial charge in [0.2, 0.25) is 5.95 Å². The molecule has 1 atom stereocenters. The maximum Gasteiger partial charge on any atom is 0.229 e. The van der Waals surface area contributed by atoms with Gasteiger partial charge in [0.15, 0.2) is 5.65 Å². The summed E-state index contributed by atoms with van der Waals surface area (Å²) in [6.45, 7) is 1.55. The Morgan fingerprint density at radius 3 is 3.29 bits per heavy atom. The number of ether oxygens (including phenoxy) is 1. The molecular weight excluding hydrogens is 286 g/mol. The highest BCUT2D eigenvalue weighted by atomic mass is 32.1. The van der Waals surface area contributed by atoms with Crippen LogP contribution in [0.1, 0.15) is 28.8 Å². The summed E-state index contributed by atoms with van der Waals surface area (Å²) in [5, 5.41) is 12.7. The fourth-order valence-corrected chi connectivity index (χ4v) is 3.39. The number of nitrogens with one attached hydrogen (secondary N) is 1. The molecule has 108 valence electrons. The van der Waals surface area contributed by atoms with Gasteiger partial charge in [-0.25, -0.2) is 4.98 Å². The van der Waals surface area contributed by atoms with Crippen LogP contribution in [0.2, 0.25) is 0 Å². The SMILES string of the molecule is c1ccn2c(NCc3cnc([C@@H]4CCCO4)s3)nnc2c1. The monoisotopic (exact) mass is 301 g/mol. The van der Waals surface area contributed by atoms with Gasteiger partial charge in [-0.05, 0) is 25.0 Å². The predicted molar refractivity (Wildman–Crippen MR) is 80.4 cm³/mol. The van der Waals surface area contributed by atoms with E-state index in [2.05, 4.69) is 20.5 Å². The van der Waals surface area contributed by atoms with E-state index in [9.17, 15) is 0 Å². The van der Waals surface area contributed by atoms with Crippen molar-refractivity contribution < 1.29 is 4.74 Å². The average Bonchev–Trinajstić information content (AvgIpc) is 3.25. The van der Waals surface area contributed by atoms with Crippen molar-refractivity contribution in [1.82, 2.24) is 19.6 Å². The van der Waals surface area contributed by atoms with E-state index in [-0.39, 0.29) is 6.10 Å². The van der Waals surface area contributed by atoms with Crippen molar-refractivity contribution >= 4 is 22.9 Å². The van der Waals surface area contributed by atoms with Crippen molar-refractivity contribution in [1.29, 1.82) is 0 Å². The first-order valence-electron chi connectivity index (χ1n) is 7.00. The molecule has 0 saturated carbocycles. The molecular formula is C14H15N5OS. The fraction of sp³-hybridized carbons (Fsp3) is 0.357. The number of hydrogen-bond donors (Lipinski definition) is 1. The van der Waals surface area contributed by atoms with Gasteiger partial charge < -0.3 is 10.1 Å². The molecule has 1 aliphatic heterocycles. The summed E-state index contributed by atoms with van der Waals surface area (Å²) >= 11 is 1.70. The molecule has 1 saturated heterocycles. The van der Waals surface area contributed by atoms with E-state index < -0.39 is 0 Å². The van der Waals surface area contributed by atoms with Gasteiger partial charge in [-0.2, -0.15) is 0 Å². The lowest BCUT2D eigenvalue weighted by Gasteiger charge is -2.04. The molecule has 4 heterocycles. The van der Waals surface area contributed by atoms with Crippen LogP contribution in [0.4, 0.5) is 5.95 Å². The quantitative estimate of drug-likeness (QED) is 0.802. The van der Waals surface area contributed by atoms with Gasteiger partial charge in [-0.3, -0.25) is 4.40 Å². The molecule has 7 heteroatoms. The first-order valence-corrected chi connectivity index (χ1v) is 7.81. The molecule has 0 amide bonds. The molecule has 0 unspecified atom stereocenters. The topological polar surface area (TPSA) is 64.3 Å². The zero-order valence-electron chi connectivity index (χ0n) is 11.4. The zero-order chi connectivity index (χ0) is 14.1. The minimum Gasteiger partial charge on any atom is -0.371 e. The molecule has 0 spiro atoms. The molecule has 0 aromatic carbocycles. The lowest BCUT2D eigenvalue weighted by molar-refractivity contribution is 0.111. The van der Waals surface area contributed by atoms with E-state index in [0.29, 0.717) is 6.54 Å². The third-order valence-corrected chi connectivity index (χ3v) is 4.60. The molecule has 1 fully saturated rings. The van der Waals surface area contributed by atoms with Crippen LogP contribution in [0, 0.1) is 0 Å². The Morgan fingerprint density at radius 2 is 2.38 bits per heavy atom. The first-order chi connectivity index (χ1) is 10.4. The third kappa shape index (κ3) is 2.50. The van der Waals surface area contributed by atoms with Crippen molar-refractivity contribution in [3.63, 3.8) is 0 Å². The Bertz CT molecular complexity index is 747. The Balaban J connectivity index is 1.47. The molecule has 0 radical (unpaired) electrons. The summed E-state index contributed by atoms with van der Waals surface area (Å²) in [4.78, 5) is 5.65. The van der Waals surface area contributed by atoms with Crippen LogP contribution >= 0.6 is 11.3 Å². The number of thiazole rings is 1. The second-order valence-corrected chi connectivity index (χ2v) is 6.12. The van der Waals surface area contributed by atoms with E-state index in [1.165, 1.54) is 4.88 Å². The second kappa shape index (κ2) is 5.42. The summed E-state index contributed by atoms with van der Waals surface area (Å²) in [5.74, 6) is 0.748. The summed E-state index contributed by atoms with van der Waals surface area (Å²) in [6.07, 6.45) is 6.26. The molecule has 1 aliphatic rings. The van der Waals surface area contributed by atoms with Crippen LogP contribution in [0.25, 0.3) is 5.65 Å². The van der Waals surface area contributed by atoms with Gasteiger partial charge in [0.1, 0.15) is 11.1 Å². The Morgan fingerprint density at radius 1 is 1.38 bits per heavy atom. The van der Waals surface area contributed by atoms with Crippen molar-refractivity contribution in [3.8, 4) is 0 Å². The minimum absolute atomic E-state index is 0.192. The summed E-state index contributed by atoms with van der Waals surface area (Å²) in [6, 6.07) is 5.84. The Labute approximate surface area is 125 Å². The number of rotatable bonds is 4. The molecule has 4 rings (SSSR count). The fourth-order valence-electron chi connectivity index (χ4n) is 2.45. The maximum absolute atomic E-state index is 5.66. The number of aromatic nitrogens is 4. The number of nitrogens with zero attached hydrogens (tertiary/aromatic N) is 4. The van der Waals surface area contributed by atoms with Crippen LogP contribution < -0.4 is 5.32 Å². The summed E-state index contributed by atoms with van der Waals surface area (Å²) in [5.41, 5.74) is 0.837. The lowest BCUT2D eigenvalue weighted by atomic mass is 10.2. The first kappa shape index (κ1) is 12.7. The molecule has 0 bridgehead atoms. The van der Waals surface area contributed by atoms with E-state index in [4.69, 9.17) is 4.74 Å². The average molecular weight is 301 g/mol. The summed E-state index contributed by atoms with van der Waals surface area (Å²) in [7, 11) is 0. The lowest BCUT2D eigenvalue weighted by Crippen LogP contribution is -2.01. The Kier molecular flexibility index (Phi) is 3.28. The maximum atomic E-state index is 5.66. The van der Waals surface area contributed by atoms with Gasteiger partial charge in [0, 0.05) is 23.9 Å². The standard InChI is InChI=1S/C14H15N5OS/c1-2-6-19-12(5-1)17-18-14(19)16-9-10-8-15-13(21-10)11-4-3-7-20-11/h1-2,5-6,8,11H,3-4,7,9H2,(H,16,18)/t11-/m0/s1. The van der Waals surface area contributed by atoms with Gasteiger partial charge in [-0.15, -0.1) is 21.5 Å². The Hall–Kier alpha value is -1.99. The number of pyridine rings is 1. The van der Waals surface area contributed by atoms with Gasteiger partial charge in [0.05, 0.1) is 6.54 Å². The van der Waals surface area contributed by atoms with Crippen molar-refractivity contribution in [2.24, 2.45) is 0 Å². The van der Waals surface area contributed by atoms with E-state index in [1.54, 1.807) is 11.3 Å². The number of hydrogen-bond acceptors (Lipinski definition) is 6. The molecule has 1 N–H and O–H groups in total. The van der Waals surface area contributed by atoms with Crippen molar-refractivity contribution in [2.75, 3.05) is 11.9 Å². The van der Waals surface area contributed by atoms with E-state index in [1.807, 2.05) is 35.0 Å². The molecule has 3 aromatic rings. The van der Waals surface area contributed by atoms with Crippen LogP contribution in [0.15, 0.2) is 30.6 Å². The van der Waals surface area contributed by atoms with Crippen molar-refractivity contribution in [2.45, 2.75) is 25.5 Å². The van der Waals surface area contributed by atoms with Gasteiger partial charge in [0.25, 0.3) is 0 Å². The van der Waals surface area contributed by atoms with Crippen LogP contribution in [0.3, 0.4) is 0 Å². The van der Waals surface area contributed by atoms with Crippen LogP contribution in [-0.2, 0) is 11.3 Å². The highest BCUT2D eigenvalue weighted by molar-refractivity contribution is 7.11. The van der Waals surface area contributed by atoms with E-state index >= 15 is 0 Å². The molecule has 0 aliphatic carbocycles. The summed E-state index contributed by atoms with van der Waals surface area (Å²) < 4.78 is 7.59. The zero-order valence-corrected chi connectivity index (χ0v) is 12.2. The number of anilines is 1. The second-order valence-electron chi connectivity index (χ2n) is 4.97. The van der Waals surface area contributed by atoms with E-state index in [0.717, 1.165) is 36.1 Å².